The zero-order valence-corrected chi connectivity index (χ0v) is 14.4. The third-order valence-electron chi connectivity index (χ3n) is 4.22. The lowest BCUT2D eigenvalue weighted by atomic mass is 9.88. The predicted molar refractivity (Wildman–Crippen MR) is 90.8 cm³/mol. The van der Waals surface area contributed by atoms with E-state index in [2.05, 4.69) is 0 Å². The quantitative estimate of drug-likeness (QED) is 0.474. The molecule has 0 amide bonds. The molecule has 1 aliphatic heterocycles. The van der Waals surface area contributed by atoms with Gasteiger partial charge < -0.3 is 13.9 Å². The number of hydrogen-bond donors (Lipinski definition) is 0. The molecule has 0 N–H and O–H groups in total. The monoisotopic (exact) mass is 342 g/mol. The summed E-state index contributed by atoms with van der Waals surface area (Å²) in [5, 5.41) is 0.588. The number of benzene rings is 1. The second-order valence-electron chi connectivity index (χ2n) is 6.44. The Labute approximate surface area is 144 Å². The van der Waals surface area contributed by atoms with E-state index in [0.717, 1.165) is 0 Å². The van der Waals surface area contributed by atoms with E-state index >= 15 is 0 Å². The minimum absolute atomic E-state index is 0.116. The normalized spacial score (nSPS) is 19.3. The summed E-state index contributed by atoms with van der Waals surface area (Å²) in [6.07, 6.45) is 0.449. The molecule has 1 aromatic heterocycles. The van der Waals surface area contributed by atoms with E-state index in [-0.39, 0.29) is 11.1 Å². The van der Waals surface area contributed by atoms with Gasteiger partial charge in [-0.25, -0.2) is 9.59 Å². The molecule has 1 atom stereocenters. The highest BCUT2D eigenvalue weighted by Crippen LogP contribution is 2.38. The Kier molecular flexibility index (Phi) is 3.99. The largest absolute Gasteiger partial charge is 0.483 e. The number of Topliss-reactive ketones (excluding diaryl/α,β-unsaturated/α-hetero) is 1. The number of carbonyl (C=O) groups is 2. The Morgan fingerprint density at radius 1 is 1.20 bits per heavy atom. The molecule has 0 fully saturated rings. The van der Waals surface area contributed by atoms with Crippen molar-refractivity contribution in [1.29, 1.82) is 0 Å². The van der Waals surface area contributed by atoms with Crippen LogP contribution in [0, 0.1) is 0 Å². The number of hydrogen-bond acceptors (Lipinski definition) is 6. The lowest BCUT2D eigenvalue weighted by Crippen LogP contribution is -2.52. The molecule has 1 aromatic carbocycles. The van der Waals surface area contributed by atoms with E-state index < -0.39 is 29.1 Å². The van der Waals surface area contributed by atoms with Crippen molar-refractivity contribution in [3.63, 3.8) is 0 Å². The number of rotatable bonds is 2. The Morgan fingerprint density at radius 2 is 1.88 bits per heavy atom. The minimum atomic E-state index is -1.15. The highest BCUT2D eigenvalue weighted by Gasteiger charge is 2.47. The molecule has 6 heteroatoms. The first-order valence-electron chi connectivity index (χ1n) is 7.88. The van der Waals surface area contributed by atoms with Crippen molar-refractivity contribution in [3.8, 4) is 5.75 Å². The van der Waals surface area contributed by atoms with Crippen LogP contribution >= 0.6 is 0 Å². The summed E-state index contributed by atoms with van der Waals surface area (Å²) in [6.45, 7) is 6.65. The van der Waals surface area contributed by atoms with E-state index in [1.807, 2.05) is 0 Å². The summed E-state index contributed by atoms with van der Waals surface area (Å²) in [5.74, 6) is -0.752. The van der Waals surface area contributed by atoms with Crippen LogP contribution in [-0.2, 0) is 9.53 Å². The fourth-order valence-electron chi connectivity index (χ4n) is 2.73. The molecule has 3 rings (SSSR count). The van der Waals surface area contributed by atoms with Gasteiger partial charge >= 0.3 is 11.6 Å². The van der Waals surface area contributed by atoms with Crippen molar-refractivity contribution < 1.29 is 23.5 Å². The van der Waals surface area contributed by atoms with Crippen LogP contribution in [0.4, 0.5) is 0 Å². The van der Waals surface area contributed by atoms with Crippen molar-refractivity contribution in [1.82, 2.24) is 0 Å². The van der Waals surface area contributed by atoms with Gasteiger partial charge in [-0.3, -0.25) is 4.79 Å². The molecule has 130 valence electrons. The van der Waals surface area contributed by atoms with Crippen LogP contribution in [0.2, 0.25) is 0 Å². The lowest BCUT2D eigenvalue weighted by molar-refractivity contribution is -0.151. The molecule has 2 aromatic rings. The van der Waals surface area contributed by atoms with Gasteiger partial charge in [0.1, 0.15) is 16.9 Å². The Bertz CT molecular complexity index is 964. The highest BCUT2D eigenvalue weighted by atomic mass is 16.6. The molecule has 0 saturated heterocycles. The van der Waals surface area contributed by atoms with Crippen molar-refractivity contribution in [2.45, 2.75) is 39.4 Å². The van der Waals surface area contributed by atoms with Crippen LogP contribution in [0.15, 0.2) is 45.1 Å². The number of ether oxygens (including phenoxy) is 2. The number of fused-ring (bicyclic) bond motifs is 3. The van der Waals surface area contributed by atoms with Crippen LogP contribution in [0.3, 0.4) is 0 Å². The summed E-state index contributed by atoms with van der Waals surface area (Å²) in [7, 11) is 0. The number of ketones is 1. The second-order valence-corrected chi connectivity index (χ2v) is 6.44. The standard InChI is InChI=1S/C19H18O6/c1-5-10(2)18(22)24-17-15(21)14-12(25-19(17,3)4)8-6-11-7-9-13(20)23-16(11)14/h5-9,17H,1-4H3/b10-5-. The average molecular weight is 342 g/mol. The van der Waals surface area contributed by atoms with Gasteiger partial charge in [0, 0.05) is 17.0 Å². The van der Waals surface area contributed by atoms with Gasteiger partial charge in [-0.1, -0.05) is 6.08 Å². The van der Waals surface area contributed by atoms with Gasteiger partial charge in [-0.2, -0.15) is 0 Å². The fraction of sp³-hybridized carbons (Fsp3) is 0.316. The Hall–Kier alpha value is -2.89. The average Bonchev–Trinajstić information content (AvgIpc) is 2.56. The van der Waals surface area contributed by atoms with E-state index in [1.54, 1.807) is 52.0 Å². The zero-order chi connectivity index (χ0) is 18.4. The number of carbonyl (C=O) groups excluding carboxylic acids is 2. The lowest BCUT2D eigenvalue weighted by Gasteiger charge is -2.38. The number of allylic oxidation sites excluding steroid dienone is 1. The Morgan fingerprint density at radius 3 is 2.56 bits per heavy atom. The molecule has 6 nitrogen and oxygen atoms in total. The van der Waals surface area contributed by atoms with Crippen LogP contribution in [0.25, 0.3) is 11.0 Å². The molecule has 25 heavy (non-hydrogen) atoms. The molecule has 0 spiro atoms. The van der Waals surface area contributed by atoms with E-state index in [1.165, 1.54) is 6.07 Å². The molecule has 0 bridgehead atoms. The minimum Gasteiger partial charge on any atom is -0.483 e. The van der Waals surface area contributed by atoms with Crippen LogP contribution in [-0.4, -0.2) is 23.5 Å². The van der Waals surface area contributed by atoms with Gasteiger partial charge in [0.2, 0.25) is 11.9 Å². The topological polar surface area (TPSA) is 82.8 Å². The molecule has 1 aliphatic rings. The van der Waals surface area contributed by atoms with Gasteiger partial charge in [0.05, 0.1) is 0 Å². The summed E-state index contributed by atoms with van der Waals surface area (Å²) in [6, 6.07) is 6.20. The van der Waals surface area contributed by atoms with E-state index in [4.69, 9.17) is 13.9 Å². The van der Waals surface area contributed by atoms with Gasteiger partial charge in [-0.15, -0.1) is 0 Å². The highest BCUT2D eigenvalue weighted by molar-refractivity contribution is 6.12. The second kappa shape index (κ2) is 5.88. The van der Waals surface area contributed by atoms with Crippen LogP contribution in [0.1, 0.15) is 38.1 Å². The molecule has 0 saturated carbocycles. The molecular weight excluding hydrogens is 324 g/mol. The molecule has 1 unspecified atom stereocenters. The number of esters is 1. The maximum absolute atomic E-state index is 13.1. The Balaban J connectivity index is 2.14. The first kappa shape index (κ1) is 17.0. The molecular formula is C19H18O6. The van der Waals surface area contributed by atoms with Gasteiger partial charge in [-0.05, 0) is 45.9 Å². The van der Waals surface area contributed by atoms with Crippen molar-refractivity contribution in [2.75, 3.05) is 0 Å². The first-order valence-corrected chi connectivity index (χ1v) is 7.88. The summed E-state index contributed by atoms with van der Waals surface area (Å²) in [4.78, 5) is 36.8. The van der Waals surface area contributed by atoms with Crippen LogP contribution < -0.4 is 10.4 Å². The van der Waals surface area contributed by atoms with Crippen molar-refractivity contribution in [3.05, 3.63) is 51.9 Å². The van der Waals surface area contributed by atoms with Gasteiger partial charge in [0.15, 0.2) is 5.58 Å². The summed E-state index contributed by atoms with van der Waals surface area (Å²) in [5.41, 5.74) is -0.994. The molecule has 2 heterocycles. The third kappa shape index (κ3) is 2.84. The fourth-order valence-corrected chi connectivity index (χ4v) is 2.73. The van der Waals surface area contributed by atoms with E-state index in [9.17, 15) is 14.4 Å². The summed E-state index contributed by atoms with van der Waals surface area (Å²) < 4.78 is 16.5. The smallest absolute Gasteiger partial charge is 0.336 e. The van der Waals surface area contributed by atoms with Crippen molar-refractivity contribution in [2.24, 2.45) is 0 Å². The maximum Gasteiger partial charge on any atom is 0.336 e. The van der Waals surface area contributed by atoms with E-state index in [0.29, 0.717) is 16.7 Å². The maximum atomic E-state index is 13.1. The summed E-state index contributed by atoms with van der Waals surface area (Å²) >= 11 is 0. The van der Waals surface area contributed by atoms with Crippen LogP contribution in [0.5, 0.6) is 5.75 Å². The predicted octanol–water partition coefficient (Wildman–Crippen LogP) is 3.02. The third-order valence-corrected chi connectivity index (χ3v) is 4.22. The zero-order valence-electron chi connectivity index (χ0n) is 14.4. The SMILES string of the molecule is C/C=C(/C)C(=O)OC1C(=O)c2c(ccc3ccc(=O)oc23)OC1(C)C. The molecule has 0 radical (unpaired) electrons. The van der Waals surface area contributed by atoms with Gasteiger partial charge in [0.25, 0.3) is 0 Å². The molecule has 0 aliphatic carbocycles. The van der Waals surface area contributed by atoms with Crippen molar-refractivity contribution >= 4 is 22.7 Å². The first-order chi connectivity index (χ1) is 11.7.